The number of likely N-dealkylation sites (tertiary alicyclic amines) is 1. The molecule has 0 radical (unpaired) electrons. The maximum absolute atomic E-state index is 10.9. The Morgan fingerprint density at radius 1 is 1.43 bits per heavy atom. The van der Waals surface area contributed by atoms with Crippen LogP contribution in [-0.2, 0) is 4.79 Å². The first-order valence-electron chi connectivity index (χ1n) is 5.98. The van der Waals surface area contributed by atoms with Gasteiger partial charge in [0.05, 0.1) is 6.04 Å². The topological polar surface area (TPSA) is 20.3 Å². The number of aldehydes is 1. The van der Waals surface area contributed by atoms with Gasteiger partial charge in [0.25, 0.3) is 0 Å². The normalized spacial score (nSPS) is 47.2. The number of rotatable bonds is 3. The van der Waals surface area contributed by atoms with Crippen molar-refractivity contribution in [2.45, 2.75) is 38.6 Å². The van der Waals surface area contributed by atoms with Crippen molar-refractivity contribution in [2.24, 2.45) is 17.3 Å². The van der Waals surface area contributed by atoms with Gasteiger partial charge < -0.3 is 4.79 Å². The number of hydrogen-bond acceptors (Lipinski definition) is 2. The van der Waals surface area contributed by atoms with Gasteiger partial charge in [-0.15, -0.1) is 0 Å². The Morgan fingerprint density at radius 3 is 2.71 bits per heavy atom. The SMILES string of the molecule is CCN1C[C@]2(C[C@H]1C=O)C[C@H]2C1CC1. The van der Waals surface area contributed by atoms with Crippen LogP contribution >= 0.6 is 0 Å². The van der Waals surface area contributed by atoms with E-state index in [1.807, 2.05) is 0 Å². The highest BCUT2D eigenvalue weighted by Crippen LogP contribution is 2.67. The lowest BCUT2D eigenvalue weighted by Crippen LogP contribution is -2.30. The first-order valence-corrected chi connectivity index (χ1v) is 5.98. The van der Waals surface area contributed by atoms with Crippen molar-refractivity contribution in [3.05, 3.63) is 0 Å². The minimum Gasteiger partial charge on any atom is -0.302 e. The Labute approximate surface area is 85.7 Å². The quantitative estimate of drug-likeness (QED) is 0.636. The molecule has 1 aliphatic heterocycles. The van der Waals surface area contributed by atoms with Gasteiger partial charge in [-0.2, -0.15) is 0 Å². The second-order valence-corrected chi connectivity index (χ2v) is 5.48. The summed E-state index contributed by atoms with van der Waals surface area (Å²) in [5.41, 5.74) is 0.586. The molecule has 3 atom stereocenters. The lowest BCUT2D eigenvalue weighted by molar-refractivity contribution is -0.111. The summed E-state index contributed by atoms with van der Waals surface area (Å²) in [6.07, 6.45) is 6.67. The molecule has 0 aromatic heterocycles. The lowest BCUT2D eigenvalue weighted by Gasteiger charge is -2.16. The van der Waals surface area contributed by atoms with Gasteiger partial charge >= 0.3 is 0 Å². The van der Waals surface area contributed by atoms with Crippen molar-refractivity contribution in [1.29, 1.82) is 0 Å². The van der Waals surface area contributed by atoms with Crippen molar-refractivity contribution in [3.8, 4) is 0 Å². The highest BCUT2D eigenvalue weighted by atomic mass is 16.1. The first kappa shape index (κ1) is 8.90. The molecule has 14 heavy (non-hydrogen) atoms. The van der Waals surface area contributed by atoms with Crippen LogP contribution < -0.4 is 0 Å². The Hall–Kier alpha value is -0.370. The molecule has 2 nitrogen and oxygen atoms in total. The van der Waals surface area contributed by atoms with Crippen LogP contribution in [-0.4, -0.2) is 30.3 Å². The van der Waals surface area contributed by atoms with Crippen LogP contribution in [0.3, 0.4) is 0 Å². The zero-order chi connectivity index (χ0) is 9.76. The van der Waals surface area contributed by atoms with Gasteiger partial charge in [0.15, 0.2) is 0 Å². The molecule has 0 bridgehead atoms. The molecule has 3 rings (SSSR count). The second kappa shape index (κ2) is 2.82. The molecule has 3 fully saturated rings. The van der Waals surface area contributed by atoms with E-state index in [-0.39, 0.29) is 6.04 Å². The van der Waals surface area contributed by atoms with Crippen LogP contribution in [0.4, 0.5) is 0 Å². The molecule has 3 aliphatic rings. The summed E-state index contributed by atoms with van der Waals surface area (Å²) >= 11 is 0. The van der Waals surface area contributed by atoms with E-state index < -0.39 is 0 Å². The largest absolute Gasteiger partial charge is 0.302 e. The maximum atomic E-state index is 10.9. The van der Waals surface area contributed by atoms with Crippen molar-refractivity contribution in [1.82, 2.24) is 4.90 Å². The third-order valence-electron chi connectivity index (χ3n) is 4.61. The Kier molecular flexibility index (Phi) is 1.79. The van der Waals surface area contributed by atoms with Gasteiger partial charge in [-0.25, -0.2) is 0 Å². The molecule has 1 spiro atoms. The Balaban J connectivity index is 1.70. The third kappa shape index (κ3) is 1.16. The van der Waals surface area contributed by atoms with Crippen LogP contribution in [0, 0.1) is 17.3 Å². The predicted octanol–water partition coefficient (Wildman–Crippen LogP) is 1.70. The number of hydrogen-bond donors (Lipinski definition) is 0. The van der Waals surface area contributed by atoms with Gasteiger partial charge in [0.1, 0.15) is 6.29 Å². The molecule has 1 saturated heterocycles. The summed E-state index contributed by atoms with van der Waals surface area (Å²) < 4.78 is 0. The lowest BCUT2D eigenvalue weighted by atomic mass is 9.98. The first-order chi connectivity index (χ1) is 6.79. The van der Waals surface area contributed by atoms with E-state index in [0.717, 1.165) is 24.8 Å². The zero-order valence-electron chi connectivity index (χ0n) is 8.91. The molecule has 0 aromatic rings. The van der Waals surface area contributed by atoms with Gasteiger partial charge in [0, 0.05) is 6.54 Å². The Morgan fingerprint density at radius 2 is 2.21 bits per heavy atom. The molecular formula is C12H19NO. The molecule has 2 heteroatoms. The minimum atomic E-state index is 0.240. The van der Waals surface area contributed by atoms with Crippen LogP contribution in [0.2, 0.25) is 0 Å². The number of nitrogens with zero attached hydrogens (tertiary/aromatic N) is 1. The smallest absolute Gasteiger partial charge is 0.137 e. The molecule has 0 amide bonds. The fraction of sp³-hybridized carbons (Fsp3) is 0.917. The standard InChI is InChI=1S/C12H19NO/c1-2-13-8-12(5-10(13)7-14)6-11(12)9-3-4-9/h7,9-11H,2-6,8H2,1H3/t10-,11-,12-/m0/s1. The molecule has 0 N–H and O–H groups in total. The van der Waals surface area contributed by atoms with E-state index in [1.54, 1.807) is 0 Å². The summed E-state index contributed by atoms with van der Waals surface area (Å²) in [5, 5.41) is 0. The summed E-state index contributed by atoms with van der Waals surface area (Å²) in [6.45, 7) is 4.42. The number of carbonyl (C=O) groups excluding carboxylic acids is 1. The van der Waals surface area contributed by atoms with Gasteiger partial charge in [-0.1, -0.05) is 6.92 Å². The number of carbonyl (C=O) groups is 1. The van der Waals surface area contributed by atoms with E-state index in [0.29, 0.717) is 5.41 Å². The minimum absolute atomic E-state index is 0.240. The molecule has 2 saturated carbocycles. The Bertz CT molecular complexity index is 261. The van der Waals surface area contributed by atoms with Crippen LogP contribution in [0.5, 0.6) is 0 Å². The van der Waals surface area contributed by atoms with E-state index in [2.05, 4.69) is 11.8 Å². The summed E-state index contributed by atoms with van der Waals surface area (Å²) in [7, 11) is 0. The highest BCUT2D eigenvalue weighted by molar-refractivity contribution is 5.59. The summed E-state index contributed by atoms with van der Waals surface area (Å²) in [4.78, 5) is 13.3. The predicted molar refractivity (Wildman–Crippen MR) is 55.0 cm³/mol. The second-order valence-electron chi connectivity index (χ2n) is 5.48. The van der Waals surface area contributed by atoms with Crippen LogP contribution in [0.1, 0.15) is 32.6 Å². The van der Waals surface area contributed by atoms with Gasteiger partial charge in [-0.3, -0.25) is 4.90 Å². The highest BCUT2D eigenvalue weighted by Gasteiger charge is 2.63. The maximum Gasteiger partial charge on any atom is 0.137 e. The van der Waals surface area contributed by atoms with E-state index in [9.17, 15) is 4.79 Å². The molecule has 0 unspecified atom stereocenters. The van der Waals surface area contributed by atoms with Crippen molar-refractivity contribution in [2.75, 3.05) is 13.1 Å². The van der Waals surface area contributed by atoms with Crippen molar-refractivity contribution >= 4 is 6.29 Å². The molecule has 78 valence electrons. The van der Waals surface area contributed by atoms with E-state index in [4.69, 9.17) is 0 Å². The van der Waals surface area contributed by atoms with Crippen LogP contribution in [0.25, 0.3) is 0 Å². The zero-order valence-corrected chi connectivity index (χ0v) is 8.91. The fourth-order valence-corrected chi connectivity index (χ4v) is 3.57. The summed E-state index contributed by atoms with van der Waals surface area (Å²) in [6, 6.07) is 0.240. The molecule has 2 aliphatic carbocycles. The molecular weight excluding hydrogens is 174 g/mol. The van der Waals surface area contributed by atoms with E-state index >= 15 is 0 Å². The average molecular weight is 193 g/mol. The van der Waals surface area contributed by atoms with Crippen molar-refractivity contribution in [3.63, 3.8) is 0 Å². The third-order valence-corrected chi connectivity index (χ3v) is 4.61. The van der Waals surface area contributed by atoms with Gasteiger partial charge in [0.2, 0.25) is 0 Å². The van der Waals surface area contributed by atoms with E-state index in [1.165, 1.54) is 32.1 Å². The summed E-state index contributed by atoms with van der Waals surface area (Å²) in [5.74, 6) is 2.03. The molecule has 1 heterocycles. The van der Waals surface area contributed by atoms with Gasteiger partial charge in [-0.05, 0) is 49.5 Å². The monoisotopic (exact) mass is 193 g/mol. The van der Waals surface area contributed by atoms with Crippen LogP contribution in [0.15, 0.2) is 0 Å². The average Bonchev–Trinajstić information content (AvgIpc) is 3.04. The molecule has 0 aromatic carbocycles. The van der Waals surface area contributed by atoms with Crippen molar-refractivity contribution < 1.29 is 4.79 Å². The number of likely N-dealkylation sites (N-methyl/N-ethyl adjacent to an activating group) is 1. The fourth-order valence-electron chi connectivity index (χ4n) is 3.57.